The molecule has 0 atom stereocenters. The van der Waals surface area contributed by atoms with Crippen LogP contribution in [-0.4, -0.2) is 9.56 Å². The van der Waals surface area contributed by atoms with Crippen LogP contribution in [0.5, 0.6) is 0 Å². The molecule has 1 aromatic heterocycles. The lowest BCUT2D eigenvalue weighted by Crippen LogP contribution is -2.30. The lowest BCUT2D eigenvalue weighted by molar-refractivity contribution is 0.584. The minimum Gasteiger partial charge on any atom is -0.389 e. The van der Waals surface area contributed by atoms with E-state index in [1.165, 1.54) is 12.1 Å². The van der Waals surface area contributed by atoms with Gasteiger partial charge in [-0.15, -0.1) is 0 Å². The first-order chi connectivity index (χ1) is 9.41. The van der Waals surface area contributed by atoms with Crippen LogP contribution in [-0.2, 0) is 0 Å². The summed E-state index contributed by atoms with van der Waals surface area (Å²) >= 11 is 4.89. The predicted molar refractivity (Wildman–Crippen MR) is 82.4 cm³/mol. The highest BCUT2D eigenvalue weighted by Crippen LogP contribution is 2.21. The maximum Gasteiger partial charge on any atom is 0.261 e. The molecule has 0 aliphatic rings. The van der Waals surface area contributed by atoms with Gasteiger partial charge in [-0.2, -0.15) is 0 Å². The van der Waals surface area contributed by atoms with Crippen LogP contribution in [0.3, 0.4) is 0 Å². The van der Waals surface area contributed by atoms with Crippen molar-refractivity contribution in [2.75, 3.05) is 0 Å². The number of pyridine rings is 1. The third-order valence-electron chi connectivity index (χ3n) is 3.04. The Morgan fingerprint density at radius 1 is 1.20 bits per heavy atom. The van der Waals surface area contributed by atoms with Crippen LogP contribution in [0.2, 0.25) is 0 Å². The Kier molecular flexibility index (Phi) is 3.99. The molecule has 104 valence electrons. The lowest BCUT2D eigenvalue weighted by atomic mass is 10.1. The van der Waals surface area contributed by atoms with Crippen molar-refractivity contribution in [2.45, 2.75) is 19.9 Å². The van der Waals surface area contributed by atoms with Crippen LogP contribution in [0.25, 0.3) is 11.3 Å². The average Bonchev–Trinajstić information content (AvgIpc) is 2.38. The normalized spacial score (nSPS) is 10.8. The molecule has 0 unspecified atom stereocenters. The van der Waals surface area contributed by atoms with Gasteiger partial charge in [0, 0.05) is 6.04 Å². The van der Waals surface area contributed by atoms with Crippen LogP contribution in [0.1, 0.15) is 25.5 Å². The number of thiocarbonyl (C=S) groups is 1. The first-order valence-electron chi connectivity index (χ1n) is 6.23. The maximum absolute atomic E-state index is 13.0. The van der Waals surface area contributed by atoms with Crippen LogP contribution in [0, 0.1) is 5.82 Å². The summed E-state index contributed by atoms with van der Waals surface area (Å²) < 4.78 is 14.6. The van der Waals surface area contributed by atoms with E-state index >= 15 is 0 Å². The predicted octanol–water partition coefficient (Wildman–Crippen LogP) is 2.87. The summed E-state index contributed by atoms with van der Waals surface area (Å²) in [6, 6.07) is 9.35. The van der Waals surface area contributed by atoms with Gasteiger partial charge in [0.15, 0.2) is 0 Å². The Balaban J connectivity index is 2.71. The molecule has 0 spiro atoms. The van der Waals surface area contributed by atoms with Gasteiger partial charge in [-0.1, -0.05) is 12.2 Å². The van der Waals surface area contributed by atoms with Crippen molar-refractivity contribution in [1.82, 2.24) is 4.57 Å². The number of nitrogens with two attached hydrogens (primary N) is 1. The second-order valence-electron chi connectivity index (χ2n) is 4.77. The molecule has 0 radical (unpaired) electrons. The fourth-order valence-electron chi connectivity index (χ4n) is 2.11. The Morgan fingerprint density at radius 2 is 1.80 bits per heavy atom. The third-order valence-corrected chi connectivity index (χ3v) is 3.26. The molecule has 5 heteroatoms. The highest BCUT2D eigenvalue weighted by molar-refractivity contribution is 7.80. The Hall–Kier alpha value is -2.01. The maximum atomic E-state index is 13.0. The van der Waals surface area contributed by atoms with Gasteiger partial charge in [0.1, 0.15) is 10.8 Å². The molecule has 20 heavy (non-hydrogen) atoms. The molecule has 3 nitrogen and oxygen atoms in total. The number of hydrogen-bond acceptors (Lipinski definition) is 2. The fraction of sp³-hybridized carbons (Fsp3) is 0.200. The zero-order chi connectivity index (χ0) is 14.9. The first kappa shape index (κ1) is 14.4. The third kappa shape index (κ3) is 2.63. The van der Waals surface area contributed by atoms with E-state index in [0.29, 0.717) is 11.3 Å². The quantitative estimate of drug-likeness (QED) is 0.884. The zero-order valence-corrected chi connectivity index (χ0v) is 12.1. The summed E-state index contributed by atoms with van der Waals surface area (Å²) in [5, 5.41) is 0. The summed E-state index contributed by atoms with van der Waals surface area (Å²) in [5.74, 6) is -0.313. The Bertz CT molecular complexity index is 705. The van der Waals surface area contributed by atoms with E-state index in [4.69, 9.17) is 18.0 Å². The van der Waals surface area contributed by atoms with Gasteiger partial charge in [-0.25, -0.2) is 4.39 Å². The van der Waals surface area contributed by atoms with Crippen molar-refractivity contribution in [3.63, 3.8) is 0 Å². The van der Waals surface area contributed by atoms with Crippen molar-refractivity contribution >= 4 is 17.2 Å². The van der Waals surface area contributed by atoms with Crippen LogP contribution in [0.15, 0.2) is 41.2 Å². The van der Waals surface area contributed by atoms with E-state index in [0.717, 1.165) is 5.56 Å². The van der Waals surface area contributed by atoms with Crippen molar-refractivity contribution in [2.24, 2.45) is 5.73 Å². The zero-order valence-electron chi connectivity index (χ0n) is 11.3. The summed E-state index contributed by atoms with van der Waals surface area (Å²) in [6.07, 6.45) is 0. The summed E-state index contributed by atoms with van der Waals surface area (Å²) in [5.41, 5.74) is 7.14. The number of aromatic nitrogens is 1. The van der Waals surface area contributed by atoms with Crippen molar-refractivity contribution in [3.05, 3.63) is 58.1 Å². The van der Waals surface area contributed by atoms with E-state index in [1.54, 1.807) is 28.8 Å². The van der Waals surface area contributed by atoms with Gasteiger partial charge < -0.3 is 10.3 Å². The molecular weight excluding hydrogens is 275 g/mol. The monoisotopic (exact) mass is 290 g/mol. The SMILES string of the molecule is CC(C)n1c(-c2ccc(F)cc2)ccc(C(N)=S)c1=O. The smallest absolute Gasteiger partial charge is 0.261 e. The number of halogens is 1. The molecular formula is C15H15FN2OS. The van der Waals surface area contributed by atoms with Gasteiger partial charge in [0.25, 0.3) is 5.56 Å². The molecule has 0 amide bonds. The number of nitrogens with zero attached hydrogens (tertiary/aromatic N) is 1. The number of benzene rings is 1. The topological polar surface area (TPSA) is 48.0 Å². The van der Waals surface area contributed by atoms with Crippen molar-refractivity contribution in [1.29, 1.82) is 0 Å². The minimum absolute atomic E-state index is 0.0585. The average molecular weight is 290 g/mol. The highest BCUT2D eigenvalue weighted by atomic mass is 32.1. The fourth-order valence-corrected chi connectivity index (χ4v) is 2.26. The molecule has 0 aliphatic heterocycles. The van der Waals surface area contributed by atoms with E-state index in [9.17, 15) is 9.18 Å². The molecule has 0 saturated heterocycles. The molecule has 2 N–H and O–H groups in total. The Morgan fingerprint density at radius 3 is 2.30 bits per heavy atom. The number of hydrogen-bond donors (Lipinski definition) is 1. The largest absolute Gasteiger partial charge is 0.389 e. The van der Waals surface area contributed by atoms with E-state index in [2.05, 4.69) is 0 Å². The molecule has 1 aromatic carbocycles. The van der Waals surface area contributed by atoms with E-state index in [-0.39, 0.29) is 22.4 Å². The van der Waals surface area contributed by atoms with Gasteiger partial charge >= 0.3 is 0 Å². The van der Waals surface area contributed by atoms with Crippen molar-refractivity contribution in [3.8, 4) is 11.3 Å². The van der Waals surface area contributed by atoms with Gasteiger partial charge in [0.2, 0.25) is 0 Å². The molecule has 0 bridgehead atoms. The summed E-state index contributed by atoms with van der Waals surface area (Å²) in [6.45, 7) is 3.80. The summed E-state index contributed by atoms with van der Waals surface area (Å²) in [4.78, 5) is 12.5. The van der Waals surface area contributed by atoms with Crippen LogP contribution < -0.4 is 11.3 Å². The van der Waals surface area contributed by atoms with Crippen molar-refractivity contribution < 1.29 is 4.39 Å². The van der Waals surface area contributed by atoms with Gasteiger partial charge in [0.05, 0.1) is 11.3 Å². The molecule has 0 fully saturated rings. The lowest BCUT2D eigenvalue weighted by Gasteiger charge is -2.17. The molecule has 2 rings (SSSR count). The van der Waals surface area contributed by atoms with E-state index in [1.807, 2.05) is 13.8 Å². The molecule has 0 saturated carbocycles. The highest BCUT2D eigenvalue weighted by Gasteiger charge is 2.14. The van der Waals surface area contributed by atoms with Crippen LogP contribution >= 0.6 is 12.2 Å². The standard InChI is InChI=1S/C15H15FN2OS/c1-9(2)18-13(10-3-5-11(16)6-4-10)8-7-12(14(17)20)15(18)19/h3-9H,1-2H3,(H2,17,20). The van der Waals surface area contributed by atoms with Gasteiger partial charge in [-0.05, 0) is 55.8 Å². The Labute approximate surface area is 121 Å². The molecule has 1 heterocycles. The molecule has 2 aromatic rings. The second kappa shape index (κ2) is 5.54. The second-order valence-corrected chi connectivity index (χ2v) is 5.21. The van der Waals surface area contributed by atoms with Crippen LogP contribution in [0.4, 0.5) is 4.39 Å². The minimum atomic E-state index is -0.313. The molecule has 0 aliphatic carbocycles. The number of rotatable bonds is 3. The van der Waals surface area contributed by atoms with Gasteiger partial charge in [-0.3, -0.25) is 4.79 Å². The summed E-state index contributed by atoms with van der Waals surface area (Å²) in [7, 11) is 0. The van der Waals surface area contributed by atoms with E-state index < -0.39 is 0 Å². The first-order valence-corrected chi connectivity index (χ1v) is 6.64.